The van der Waals surface area contributed by atoms with Crippen molar-refractivity contribution in [2.24, 2.45) is 0 Å². The second-order valence-electron chi connectivity index (χ2n) is 7.39. The molecule has 1 aliphatic heterocycles. The molecule has 0 spiro atoms. The van der Waals surface area contributed by atoms with E-state index in [2.05, 4.69) is 5.32 Å². The molecule has 0 aromatic heterocycles. The van der Waals surface area contributed by atoms with Gasteiger partial charge in [-0.2, -0.15) is 0 Å². The zero-order valence-electron chi connectivity index (χ0n) is 18.0. The maximum Gasteiger partial charge on any atom is 0.293 e. The number of halogens is 3. The van der Waals surface area contributed by atoms with Crippen LogP contribution in [0, 0.1) is 5.82 Å². The SMILES string of the molecule is O=C(COc1ccc(Cl)cc1/C=C1\SC(=O)N(Cc2ccc(F)cc2Cl)C1=O)Nc1ccccc1. The number of para-hydroxylation sites is 1. The van der Waals surface area contributed by atoms with Crippen molar-refractivity contribution in [3.05, 3.63) is 98.6 Å². The molecular weight excluding hydrogens is 514 g/mol. The van der Waals surface area contributed by atoms with E-state index >= 15 is 0 Å². The van der Waals surface area contributed by atoms with Crippen LogP contribution in [-0.2, 0) is 16.1 Å². The molecule has 1 fully saturated rings. The molecule has 1 saturated heterocycles. The van der Waals surface area contributed by atoms with Gasteiger partial charge in [-0.05, 0) is 65.9 Å². The fourth-order valence-electron chi connectivity index (χ4n) is 3.22. The molecule has 0 atom stereocenters. The van der Waals surface area contributed by atoms with Gasteiger partial charge in [-0.25, -0.2) is 4.39 Å². The summed E-state index contributed by atoms with van der Waals surface area (Å²) in [5.74, 6) is -1.11. The number of hydrogen-bond donors (Lipinski definition) is 1. The molecule has 0 aliphatic carbocycles. The summed E-state index contributed by atoms with van der Waals surface area (Å²) >= 11 is 12.9. The number of anilines is 1. The average Bonchev–Trinajstić information content (AvgIpc) is 3.08. The lowest BCUT2D eigenvalue weighted by Gasteiger charge is -2.13. The van der Waals surface area contributed by atoms with Gasteiger partial charge < -0.3 is 10.1 Å². The molecule has 4 rings (SSSR count). The largest absolute Gasteiger partial charge is 0.483 e. The van der Waals surface area contributed by atoms with Gasteiger partial charge in [0.1, 0.15) is 11.6 Å². The topological polar surface area (TPSA) is 75.7 Å². The number of ether oxygens (including phenoxy) is 1. The van der Waals surface area contributed by atoms with Gasteiger partial charge >= 0.3 is 0 Å². The summed E-state index contributed by atoms with van der Waals surface area (Å²) in [5.41, 5.74) is 1.50. The van der Waals surface area contributed by atoms with Gasteiger partial charge in [-0.15, -0.1) is 0 Å². The highest BCUT2D eigenvalue weighted by molar-refractivity contribution is 8.18. The summed E-state index contributed by atoms with van der Waals surface area (Å²) in [7, 11) is 0. The molecule has 0 bridgehead atoms. The van der Waals surface area contributed by atoms with Gasteiger partial charge in [0.05, 0.1) is 11.4 Å². The summed E-state index contributed by atoms with van der Waals surface area (Å²) in [6.45, 7) is -0.373. The van der Waals surface area contributed by atoms with E-state index in [1.807, 2.05) is 6.07 Å². The Hall–Kier alpha value is -3.33. The molecule has 3 aromatic carbocycles. The van der Waals surface area contributed by atoms with E-state index in [9.17, 15) is 18.8 Å². The van der Waals surface area contributed by atoms with Crippen molar-refractivity contribution < 1.29 is 23.5 Å². The Labute approximate surface area is 214 Å². The van der Waals surface area contributed by atoms with Crippen molar-refractivity contribution in [3.8, 4) is 5.75 Å². The molecule has 10 heteroatoms. The van der Waals surface area contributed by atoms with E-state index in [0.717, 1.165) is 22.7 Å². The number of amides is 3. The minimum Gasteiger partial charge on any atom is -0.483 e. The standard InChI is InChI=1S/C25H17Cl2FN2O4S/c26-17-7-9-21(34-14-23(31)29-19-4-2-1-3-5-19)16(10-17)11-22-24(32)30(25(33)35-22)13-15-6-8-18(28)12-20(15)27/h1-12H,13-14H2,(H,29,31)/b22-11-. The Morgan fingerprint density at radius 3 is 2.57 bits per heavy atom. The van der Waals surface area contributed by atoms with Crippen molar-refractivity contribution in [2.45, 2.75) is 6.54 Å². The first kappa shape index (κ1) is 24.8. The molecular formula is C25H17Cl2FN2O4S. The van der Waals surface area contributed by atoms with Crippen LogP contribution in [0.2, 0.25) is 10.0 Å². The zero-order valence-corrected chi connectivity index (χ0v) is 20.3. The van der Waals surface area contributed by atoms with Gasteiger partial charge in [0, 0.05) is 21.3 Å². The number of carbonyl (C=O) groups excluding carboxylic acids is 3. The van der Waals surface area contributed by atoms with Gasteiger partial charge in [-0.1, -0.05) is 47.5 Å². The molecule has 1 aliphatic rings. The molecule has 1 heterocycles. The third-order valence-electron chi connectivity index (χ3n) is 4.89. The Morgan fingerprint density at radius 2 is 1.83 bits per heavy atom. The predicted molar refractivity (Wildman–Crippen MR) is 135 cm³/mol. The predicted octanol–water partition coefficient (Wildman–Crippen LogP) is 6.39. The maximum absolute atomic E-state index is 13.3. The lowest BCUT2D eigenvalue weighted by Crippen LogP contribution is -2.27. The lowest BCUT2D eigenvalue weighted by molar-refractivity contribution is -0.123. The van der Waals surface area contributed by atoms with Crippen LogP contribution in [0.25, 0.3) is 6.08 Å². The number of nitrogens with zero attached hydrogens (tertiary/aromatic N) is 1. The fourth-order valence-corrected chi connectivity index (χ4v) is 4.46. The first-order valence-corrected chi connectivity index (χ1v) is 11.8. The first-order valence-electron chi connectivity index (χ1n) is 10.3. The number of benzene rings is 3. The van der Waals surface area contributed by atoms with E-state index in [1.54, 1.807) is 42.5 Å². The van der Waals surface area contributed by atoms with Crippen LogP contribution in [0.5, 0.6) is 5.75 Å². The van der Waals surface area contributed by atoms with Crippen LogP contribution in [0.15, 0.2) is 71.6 Å². The quantitative estimate of drug-likeness (QED) is 0.358. The van der Waals surface area contributed by atoms with Crippen LogP contribution in [0.3, 0.4) is 0 Å². The zero-order chi connectivity index (χ0) is 24.9. The highest BCUT2D eigenvalue weighted by Gasteiger charge is 2.35. The van der Waals surface area contributed by atoms with E-state index in [0.29, 0.717) is 27.6 Å². The number of imide groups is 1. The third kappa shape index (κ3) is 6.22. The Bertz CT molecular complexity index is 1330. The molecule has 3 aromatic rings. The van der Waals surface area contributed by atoms with E-state index in [1.165, 1.54) is 18.2 Å². The second kappa shape index (κ2) is 10.9. The van der Waals surface area contributed by atoms with Gasteiger partial charge in [0.15, 0.2) is 6.61 Å². The maximum atomic E-state index is 13.3. The average molecular weight is 531 g/mol. The van der Waals surface area contributed by atoms with Crippen LogP contribution < -0.4 is 10.1 Å². The Kier molecular flexibility index (Phi) is 7.75. The Balaban J connectivity index is 1.49. The number of nitrogens with one attached hydrogen (secondary N) is 1. The van der Waals surface area contributed by atoms with Crippen molar-refractivity contribution in [1.29, 1.82) is 0 Å². The van der Waals surface area contributed by atoms with Crippen LogP contribution >= 0.6 is 35.0 Å². The van der Waals surface area contributed by atoms with Crippen LogP contribution in [0.1, 0.15) is 11.1 Å². The fraction of sp³-hybridized carbons (Fsp3) is 0.0800. The van der Waals surface area contributed by atoms with Gasteiger partial charge in [0.2, 0.25) is 0 Å². The van der Waals surface area contributed by atoms with E-state index < -0.39 is 17.0 Å². The summed E-state index contributed by atoms with van der Waals surface area (Å²) < 4.78 is 19.0. The third-order valence-corrected chi connectivity index (χ3v) is 6.39. The van der Waals surface area contributed by atoms with Crippen LogP contribution in [0.4, 0.5) is 14.9 Å². The highest BCUT2D eigenvalue weighted by Crippen LogP contribution is 2.36. The summed E-state index contributed by atoms with van der Waals surface area (Å²) in [6, 6.07) is 17.4. The molecule has 35 heavy (non-hydrogen) atoms. The second-order valence-corrected chi connectivity index (χ2v) is 9.23. The molecule has 0 radical (unpaired) electrons. The molecule has 178 valence electrons. The summed E-state index contributed by atoms with van der Waals surface area (Å²) in [4.78, 5) is 38.9. The van der Waals surface area contributed by atoms with Crippen molar-refractivity contribution in [2.75, 3.05) is 11.9 Å². The highest BCUT2D eigenvalue weighted by atomic mass is 35.5. The number of carbonyl (C=O) groups is 3. The van der Waals surface area contributed by atoms with Crippen molar-refractivity contribution in [3.63, 3.8) is 0 Å². The Morgan fingerprint density at radius 1 is 1.06 bits per heavy atom. The molecule has 3 amide bonds. The van der Waals surface area contributed by atoms with Gasteiger partial charge in [-0.3, -0.25) is 19.3 Å². The van der Waals surface area contributed by atoms with E-state index in [4.69, 9.17) is 27.9 Å². The normalized spacial score (nSPS) is 14.5. The summed E-state index contributed by atoms with van der Waals surface area (Å²) in [6.07, 6.45) is 1.48. The first-order chi connectivity index (χ1) is 16.8. The van der Waals surface area contributed by atoms with E-state index in [-0.39, 0.29) is 29.0 Å². The number of hydrogen-bond acceptors (Lipinski definition) is 5. The molecule has 6 nitrogen and oxygen atoms in total. The molecule has 0 unspecified atom stereocenters. The smallest absolute Gasteiger partial charge is 0.293 e. The number of thioether (sulfide) groups is 1. The molecule has 1 N–H and O–H groups in total. The number of rotatable bonds is 7. The monoisotopic (exact) mass is 530 g/mol. The van der Waals surface area contributed by atoms with Crippen molar-refractivity contribution in [1.82, 2.24) is 4.90 Å². The lowest BCUT2D eigenvalue weighted by atomic mass is 10.1. The molecule has 0 saturated carbocycles. The minimum absolute atomic E-state index is 0.0975. The summed E-state index contributed by atoms with van der Waals surface area (Å²) in [5, 5.41) is 2.73. The van der Waals surface area contributed by atoms with Crippen molar-refractivity contribution >= 4 is 63.8 Å². The minimum atomic E-state index is -0.534. The van der Waals surface area contributed by atoms with Gasteiger partial charge in [0.25, 0.3) is 17.1 Å². The van der Waals surface area contributed by atoms with Crippen LogP contribution in [-0.4, -0.2) is 28.6 Å².